The number of H-pyrrole nitrogens is 2. The van der Waals surface area contributed by atoms with Crippen molar-refractivity contribution < 1.29 is 13.9 Å². The lowest BCUT2D eigenvalue weighted by atomic mass is 9.96. The summed E-state index contributed by atoms with van der Waals surface area (Å²) in [5.74, 6) is 2.21. The van der Waals surface area contributed by atoms with Crippen LogP contribution in [0.4, 0.5) is 4.39 Å². The summed E-state index contributed by atoms with van der Waals surface area (Å²) in [5, 5.41) is 0.878. The van der Waals surface area contributed by atoms with Crippen LogP contribution in [0.1, 0.15) is 17.3 Å². The molecular formula is C24H19FN4O2. The van der Waals surface area contributed by atoms with Crippen molar-refractivity contribution in [2.45, 2.75) is 12.3 Å². The molecule has 0 saturated heterocycles. The molecule has 1 aliphatic rings. The molecule has 31 heavy (non-hydrogen) atoms. The normalized spacial score (nSPS) is 15.7. The number of halogens is 1. The molecule has 0 unspecified atom stereocenters. The van der Waals surface area contributed by atoms with E-state index >= 15 is 4.39 Å². The van der Waals surface area contributed by atoms with E-state index in [9.17, 15) is 0 Å². The van der Waals surface area contributed by atoms with E-state index in [0.717, 1.165) is 51.4 Å². The smallest absolute Gasteiger partial charge is 0.137 e. The van der Waals surface area contributed by atoms with Crippen molar-refractivity contribution in [2.24, 2.45) is 0 Å². The molecule has 4 heterocycles. The third kappa shape index (κ3) is 2.92. The minimum atomic E-state index is -0.300. The Balaban J connectivity index is 1.39. The first-order chi connectivity index (χ1) is 15.2. The van der Waals surface area contributed by atoms with Gasteiger partial charge >= 0.3 is 0 Å². The predicted molar refractivity (Wildman–Crippen MR) is 116 cm³/mol. The number of imidazole rings is 1. The Labute approximate surface area is 177 Å². The highest BCUT2D eigenvalue weighted by molar-refractivity contribution is 5.95. The number of methoxy groups -OCH3 is 1. The number of hydrogen-bond acceptors (Lipinski definition) is 4. The van der Waals surface area contributed by atoms with Crippen LogP contribution in [0.2, 0.25) is 0 Å². The van der Waals surface area contributed by atoms with Gasteiger partial charge in [0.2, 0.25) is 0 Å². The molecule has 154 valence electrons. The summed E-state index contributed by atoms with van der Waals surface area (Å²) in [5.41, 5.74) is 4.50. The second kappa shape index (κ2) is 6.84. The molecule has 5 aromatic rings. The minimum Gasteiger partial charge on any atom is -0.497 e. The number of fused-ring (bicyclic) bond motifs is 3. The van der Waals surface area contributed by atoms with Crippen molar-refractivity contribution in [3.05, 3.63) is 72.1 Å². The average Bonchev–Trinajstić information content (AvgIpc) is 3.44. The maximum atomic E-state index is 15.1. The maximum Gasteiger partial charge on any atom is 0.137 e. The topological polar surface area (TPSA) is 75.8 Å². The number of rotatable bonds is 3. The lowest BCUT2D eigenvalue weighted by Crippen LogP contribution is -2.20. The summed E-state index contributed by atoms with van der Waals surface area (Å²) in [4.78, 5) is 15.4. The van der Waals surface area contributed by atoms with Crippen molar-refractivity contribution in [3.63, 3.8) is 0 Å². The maximum absolute atomic E-state index is 15.1. The molecule has 0 saturated carbocycles. The van der Waals surface area contributed by atoms with Crippen LogP contribution < -0.4 is 9.47 Å². The van der Waals surface area contributed by atoms with Gasteiger partial charge in [0, 0.05) is 29.4 Å². The Morgan fingerprint density at radius 3 is 2.97 bits per heavy atom. The number of aromatic nitrogens is 4. The van der Waals surface area contributed by atoms with E-state index in [1.165, 1.54) is 6.07 Å². The Bertz CT molecular complexity index is 1440. The number of pyridine rings is 1. The van der Waals surface area contributed by atoms with Gasteiger partial charge in [0.25, 0.3) is 0 Å². The van der Waals surface area contributed by atoms with E-state index in [4.69, 9.17) is 14.5 Å². The molecule has 0 bridgehead atoms. The minimum absolute atomic E-state index is 0.0517. The van der Waals surface area contributed by atoms with E-state index in [-0.39, 0.29) is 11.7 Å². The molecule has 2 N–H and O–H groups in total. The Morgan fingerprint density at radius 2 is 2.06 bits per heavy atom. The Kier molecular flexibility index (Phi) is 3.96. The van der Waals surface area contributed by atoms with E-state index in [1.807, 2.05) is 30.3 Å². The van der Waals surface area contributed by atoms with Crippen LogP contribution in [-0.2, 0) is 6.42 Å². The first-order valence-corrected chi connectivity index (χ1v) is 10.1. The van der Waals surface area contributed by atoms with Crippen molar-refractivity contribution >= 4 is 22.1 Å². The van der Waals surface area contributed by atoms with Gasteiger partial charge in [-0.05, 0) is 53.9 Å². The largest absolute Gasteiger partial charge is 0.497 e. The van der Waals surface area contributed by atoms with E-state index < -0.39 is 0 Å². The predicted octanol–water partition coefficient (Wildman–Crippen LogP) is 4.97. The van der Waals surface area contributed by atoms with Gasteiger partial charge in [0.05, 0.1) is 30.7 Å². The molecule has 0 spiro atoms. The fourth-order valence-electron chi connectivity index (χ4n) is 4.32. The average molecular weight is 414 g/mol. The molecule has 0 fully saturated rings. The summed E-state index contributed by atoms with van der Waals surface area (Å²) in [7, 11) is 1.65. The van der Waals surface area contributed by atoms with E-state index in [0.29, 0.717) is 17.7 Å². The van der Waals surface area contributed by atoms with Gasteiger partial charge in [0.15, 0.2) is 0 Å². The fourth-order valence-corrected chi connectivity index (χ4v) is 4.32. The first-order valence-electron chi connectivity index (χ1n) is 10.1. The highest BCUT2D eigenvalue weighted by Crippen LogP contribution is 2.36. The standard InChI is InChI=1S/C24H19FN4O2/c1-30-15-2-3-22-13(9-15)8-14(12-31-22)23-28-20-10-18(19(25)11-21(20)29-23)16-4-6-26-24-17(16)5-7-27-24/h2-7,9-11,14H,8,12H2,1H3,(H,26,27)(H,28,29)/t14-/m0/s1. The Hall–Kier alpha value is -3.87. The molecule has 2 aromatic carbocycles. The molecule has 1 aliphatic heterocycles. The molecule has 0 aliphatic carbocycles. The SMILES string of the molecule is COc1ccc2c(c1)C[C@H](c1nc3cc(-c4ccnc5[nH]ccc45)c(F)cc3[nH]1)CO2. The van der Waals surface area contributed by atoms with E-state index in [1.54, 1.807) is 25.6 Å². The van der Waals surface area contributed by atoms with Crippen molar-refractivity contribution in [2.75, 3.05) is 13.7 Å². The quantitative estimate of drug-likeness (QED) is 0.437. The number of aromatic amines is 2. The summed E-state index contributed by atoms with van der Waals surface area (Å²) >= 11 is 0. The molecular weight excluding hydrogens is 395 g/mol. The van der Waals surface area contributed by atoms with Gasteiger partial charge in [-0.15, -0.1) is 0 Å². The molecule has 0 radical (unpaired) electrons. The zero-order chi connectivity index (χ0) is 20.9. The first kappa shape index (κ1) is 17.9. The summed E-state index contributed by atoms with van der Waals surface area (Å²) < 4.78 is 26.3. The third-order valence-electron chi connectivity index (χ3n) is 5.90. The highest BCUT2D eigenvalue weighted by Gasteiger charge is 2.25. The lowest BCUT2D eigenvalue weighted by Gasteiger charge is -2.24. The molecule has 6 nitrogen and oxygen atoms in total. The number of nitrogens with zero attached hydrogens (tertiary/aromatic N) is 2. The van der Waals surface area contributed by atoms with Crippen molar-refractivity contribution in [1.29, 1.82) is 0 Å². The van der Waals surface area contributed by atoms with Gasteiger partial charge < -0.3 is 19.4 Å². The second-order valence-electron chi connectivity index (χ2n) is 7.76. The van der Waals surface area contributed by atoms with Gasteiger partial charge in [0.1, 0.15) is 28.8 Å². The molecule has 7 heteroatoms. The van der Waals surface area contributed by atoms with Crippen LogP contribution in [0.15, 0.2) is 54.9 Å². The monoisotopic (exact) mass is 414 g/mol. The summed E-state index contributed by atoms with van der Waals surface area (Å²) in [6.07, 6.45) is 4.26. The van der Waals surface area contributed by atoms with Crippen LogP contribution >= 0.6 is 0 Å². The summed E-state index contributed by atoms with van der Waals surface area (Å²) in [6, 6.07) is 12.9. The van der Waals surface area contributed by atoms with Crippen LogP contribution in [0, 0.1) is 5.82 Å². The zero-order valence-corrected chi connectivity index (χ0v) is 16.8. The number of hydrogen-bond donors (Lipinski definition) is 2. The zero-order valence-electron chi connectivity index (χ0n) is 16.8. The number of nitrogens with one attached hydrogen (secondary N) is 2. The third-order valence-corrected chi connectivity index (χ3v) is 5.90. The van der Waals surface area contributed by atoms with E-state index in [2.05, 4.69) is 15.0 Å². The van der Waals surface area contributed by atoms with Crippen LogP contribution in [0.3, 0.4) is 0 Å². The molecule has 1 atom stereocenters. The van der Waals surface area contributed by atoms with Gasteiger partial charge in [-0.2, -0.15) is 0 Å². The molecule has 0 amide bonds. The van der Waals surface area contributed by atoms with Crippen LogP contribution in [0.25, 0.3) is 33.2 Å². The number of ether oxygens (including phenoxy) is 2. The van der Waals surface area contributed by atoms with Gasteiger partial charge in [-0.1, -0.05) is 0 Å². The lowest BCUT2D eigenvalue weighted by molar-refractivity contribution is 0.257. The van der Waals surface area contributed by atoms with Gasteiger partial charge in [-0.3, -0.25) is 0 Å². The summed E-state index contributed by atoms with van der Waals surface area (Å²) in [6.45, 7) is 0.517. The molecule has 3 aromatic heterocycles. The Morgan fingerprint density at radius 1 is 1.13 bits per heavy atom. The van der Waals surface area contributed by atoms with Crippen LogP contribution in [-0.4, -0.2) is 33.7 Å². The van der Waals surface area contributed by atoms with Crippen molar-refractivity contribution in [3.8, 4) is 22.6 Å². The van der Waals surface area contributed by atoms with Crippen molar-refractivity contribution in [1.82, 2.24) is 19.9 Å². The van der Waals surface area contributed by atoms with Gasteiger partial charge in [-0.25, -0.2) is 14.4 Å². The fraction of sp³-hybridized carbons (Fsp3) is 0.167. The second-order valence-corrected chi connectivity index (χ2v) is 7.76. The number of benzene rings is 2. The van der Waals surface area contributed by atoms with Crippen LogP contribution in [0.5, 0.6) is 11.5 Å². The molecule has 6 rings (SSSR count). The highest BCUT2D eigenvalue weighted by atomic mass is 19.1.